The first-order chi connectivity index (χ1) is 8.93. The molecule has 0 unspecified atom stereocenters. The van der Waals surface area contributed by atoms with Gasteiger partial charge in [-0.05, 0) is 37.8 Å². The molecule has 104 valence electrons. The van der Waals surface area contributed by atoms with Gasteiger partial charge < -0.3 is 10.2 Å². The van der Waals surface area contributed by atoms with Crippen LogP contribution in [0.3, 0.4) is 0 Å². The van der Waals surface area contributed by atoms with E-state index in [0.717, 1.165) is 18.8 Å². The molecule has 0 aromatic heterocycles. The van der Waals surface area contributed by atoms with Gasteiger partial charge in [-0.25, -0.2) is 0 Å². The number of anilines is 2. The summed E-state index contributed by atoms with van der Waals surface area (Å²) in [5, 5.41) is 3.52. The number of halogens is 1. The Kier molecular flexibility index (Phi) is 5.08. The first-order valence-electron chi connectivity index (χ1n) is 7.08. The highest BCUT2D eigenvalue weighted by Gasteiger charge is 2.15. The quantitative estimate of drug-likeness (QED) is 0.894. The molecule has 0 spiro atoms. The summed E-state index contributed by atoms with van der Waals surface area (Å²) >= 11 is 0. The molecule has 19 heavy (non-hydrogen) atoms. The van der Waals surface area contributed by atoms with Crippen molar-refractivity contribution in [1.82, 2.24) is 0 Å². The van der Waals surface area contributed by atoms with Crippen molar-refractivity contribution in [3.8, 4) is 0 Å². The van der Waals surface area contributed by atoms with E-state index in [4.69, 9.17) is 0 Å². The Morgan fingerprint density at radius 2 is 1.79 bits per heavy atom. The van der Waals surface area contributed by atoms with E-state index in [-0.39, 0.29) is 12.4 Å². The number of amidine groups is 1. The molecule has 1 aromatic rings. The fourth-order valence-electron chi connectivity index (χ4n) is 2.79. The van der Waals surface area contributed by atoms with Crippen LogP contribution in [0.15, 0.2) is 29.3 Å². The molecule has 1 saturated heterocycles. The van der Waals surface area contributed by atoms with Gasteiger partial charge in [-0.15, -0.1) is 12.4 Å². The predicted octanol–water partition coefficient (Wildman–Crippen LogP) is 3.70. The van der Waals surface area contributed by atoms with Gasteiger partial charge >= 0.3 is 0 Å². The molecule has 1 aromatic carbocycles. The molecule has 0 radical (unpaired) electrons. The fourth-order valence-corrected chi connectivity index (χ4v) is 2.79. The molecule has 2 heterocycles. The molecular formula is C15H22ClN3. The SMILES string of the molecule is Cl.c1ccc(N2CCCCC2)c(NC2=NCCC2)c1. The second kappa shape index (κ2) is 6.80. The molecule has 0 bridgehead atoms. The number of nitrogens with zero attached hydrogens (tertiary/aromatic N) is 2. The van der Waals surface area contributed by atoms with Gasteiger partial charge in [0.25, 0.3) is 0 Å². The molecule has 1 N–H and O–H groups in total. The summed E-state index contributed by atoms with van der Waals surface area (Å²) in [6, 6.07) is 8.63. The van der Waals surface area contributed by atoms with E-state index in [0.29, 0.717) is 0 Å². The highest BCUT2D eigenvalue weighted by molar-refractivity contribution is 5.99. The van der Waals surface area contributed by atoms with E-state index >= 15 is 0 Å². The summed E-state index contributed by atoms with van der Waals surface area (Å²) < 4.78 is 0. The number of rotatable bonds is 2. The minimum absolute atomic E-state index is 0. The van der Waals surface area contributed by atoms with Gasteiger partial charge in [-0.2, -0.15) is 0 Å². The summed E-state index contributed by atoms with van der Waals surface area (Å²) in [5.41, 5.74) is 2.56. The predicted molar refractivity (Wildman–Crippen MR) is 84.9 cm³/mol. The van der Waals surface area contributed by atoms with Crippen molar-refractivity contribution < 1.29 is 0 Å². The van der Waals surface area contributed by atoms with Crippen LogP contribution in [0.1, 0.15) is 32.1 Å². The Balaban J connectivity index is 0.00000133. The summed E-state index contributed by atoms with van der Waals surface area (Å²) in [7, 11) is 0. The largest absolute Gasteiger partial charge is 0.370 e. The molecule has 3 nitrogen and oxygen atoms in total. The molecular weight excluding hydrogens is 258 g/mol. The number of benzene rings is 1. The second-order valence-corrected chi connectivity index (χ2v) is 5.12. The Morgan fingerprint density at radius 1 is 1.00 bits per heavy atom. The fraction of sp³-hybridized carbons (Fsp3) is 0.533. The maximum atomic E-state index is 4.50. The van der Waals surface area contributed by atoms with Crippen LogP contribution in [0.2, 0.25) is 0 Å². The van der Waals surface area contributed by atoms with Crippen molar-refractivity contribution in [1.29, 1.82) is 0 Å². The lowest BCUT2D eigenvalue weighted by Gasteiger charge is -2.30. The number of hydrogen-bond acceptors (Lipinski definition) is 3. The standard InChI is InChI=1S/C15H21N3.ClH/c1-4-11-18(12-5-1)14-8-3-2-7-13(14)17-15-9-6-10-16-15;/h2-3,7-8H,1,4-6,9-12H2,(H,16,17);1H. The zero-order chi connectivity index (χ0) is 12.2. The average molecular weight is 280 g/mol. The lowest BCUT2D eigenvalue weighted by atomic mass is 10.1. The Bertz CT molecular complexity index is 439. The van der Waals surface area contributed by atoms with Crippen LogP contribution in [-0.2, 0) is 0 Å². The lowest BCUT2D eigenvalue weighted by Crippen LogP contribution is -2.30. The zero-order valence-corrected chi connectivity index (χ0v) is 12.1. The van der Waals surface area contributed by atoms with Gasteiger partial charge in [-0.3, -0.25) is 4.99 Å². The maximum Gasteiger partial charge on any atom is 0.101 e. The molecule has 3 rings (SSSR count). The molecule has 0 amide bonds. The number of aliphatic imine (C=N–C) groups is 1. The molecule has 2 aliphatic rings. The molecule has 0 saturated carbocycles. The highest BCUT2D eigenvalue weighted by Crippen LogP contribution is 2.28. The van der Waals surface area contributed by atoms with Crippen LogP contribution in [0, 0.1) is 0 Å². The monoisotopic (exact) mass is 279 g/mol. The number of nitrogens with one attached hydrogen (secondary N) is 1. The topological polar surface area (TPSA) is 27.6 Å². The first-order valence-corrected chi connectivity index (χ1v) is 7.08. The van der Waals surface area contributed by atoms with Crippen LogP contribution in [0.25, 0.3) is 0 Å². The third kappa shape index (κ3) is 3.41. The number of piperidine rings is 1. The number of hydrogen-bond donors (Lipinski definition) is 1. The minimum Gasteiger partial charge on any atom is -0.370 e. The van der Waals surface area contributed by atoms with Crippen molar-refractivity contribution >= 4 is 29.6 Å². The van der Waals surface area contributed by atoms with Crippen molar-refractivity contribution in [3.05, 3.63) is 24.3 Å². The van der Waals surface area contributed by atoms with Crippen LogP contribution >= 0.6 is 12.4 Å². The normalized spacial score (nSPS) is 18.7. The maximum absolute atomic E-state index is 4.50. The summed E-state index contributed by atoms with van der Waals surface area (Å²) in [4.78, 5) is 7.01. The van der Waals surface area contributed by atoms with Crippen molar-refractivity contribution in [2.24, 2.45) is 4.99 Å². The van der Waals surface area contributed by atoms with Crippen molar-refractivity contribution in [3.63, 3.8) is 0 Å². The summed E-state index contributed by atoms with van der Waals surface area (Å²) in [6.07, 6.45) is 6.28. The minimum atomic E-state index is 0. The van der Waals surface area contributed by atoms with Gasteiger partial charge in [0, 0.05) is 26.1 Å². The van der Waals surface area contributed by atoms with Crippen LogP contribution < -0.4 is 10.2 Å². The summed E-state index contributed by atoms with van der Waals surface area (Å²) in [5.74, 6) is 1.15. The average Bonchev–Trinajstić information content (AvgIpc) is 2.93. The van der Waals surface area contributed by atoms with Crippen molar-refractivity contribution in [2.75, 3.05) is 29.9 Å². The highest BCUT2D eigenvalue weighted by atomic mass is 35.5. The zero-order valence-electron chi connectivity index (χ0n) is 11.3. The Morgan fingerprint density at radius 3 is 2.53 bits per heavy atom. The smallest absolute Gasteiger partial charge is 0.101 e. The molecule has 0 aliphatic carbocycles. The molecule has 1 fully saturated rings. The van der Waals surface area contributed by atoms with E-state index in [1.165, 1.54) is 50.1 Å². The molecule has 2 aliphatic heterocycles. The first kappa shape index (κ1) is 14.2. The van der Waals surface area contributed by atoms with E-state index in [1.54, 1.807) is 0 Å². The third-order valence-electron chi connectivity index (χ3n) is 3.75. The molecule has 4 heteroatoms. The Hall–Kier alpha value is -1.22. The van der Waals surface area contributed by atoms with Crippen LogP contribution in [0.4, 0.5) is 11.4 Å². The molecule has 0 atom stereocenters. The second-order valence-electron chi connectivity index (χ2n) is 5.12. The number of para-hydroxylation sites is 2. The summed E-state index contributed by atoms with van der Waals surface area (Å²) in [6.45, 7) is 3.35. The van der Waals surface area contributed by atoms with Gasteiger partial charge in [0.15, 0.2) is 0 Å². The van der Waals surface area contributed by atoms with E-state index in [9.17, 15) is 0 Å². The van der Waals surface area contributed by atoms with E-state index < -0.39 is 0 Å². The van der Waals surface area contributed by atoms with Crippen molar-refractivity contribution in [2.45, 2.75) is 32.1 Å². The lowest BCUT2D eigenvalue weighted by molar-refractivity contribution is 0.578. The van der Waals surface area contributed by atoms with Crippen LogP contribution in [-0.4, -0.2) is 25.5 Å². The van der Waals surface area contributed by atoms with Crippen LogP contribution in [0.5, 0.6) is 0 Å². The van der Waals surface area contributed by atoms with Gasteiger partial charge in [0.2, 0.25) is 0 Å². The van der Waals surface area contributed by atoms with E-state index in [2.05, 4.69) is 39.5 Å². The van der Waals surface area contributed by atoms with Gasteiger partial charge in [0.05, 0.1) is 11.4 Å². The van der Waals surface area contributed by atoms with Gasteiger partial charge in [-0.1, -0.05) is 12.1 Å². The third-order valence-corrected chi connectivity index (χ3v) is 3.75. The Labute approximate surface area is 121 Å². The van der Waals surface area contributed by atoms with E-state index in [1.807, 2.05) is 0 Å². The van der Waals surface area contributed by atoms with Gasteiger partial charge in [0.1, 0.15) is 5.84 Å².